The van der Waals surface area contributed by atoms with E-state index in [0.717, 1.165) is 38.8 Å². The van der Waals surface area contributed by atoms with Crippen LogP contribution in [0.5, 0.6) is 11.6 Å². The lowest BCUT2D eigenvalue weighted by Gasteiger charge is -2.29. The summed E-state index contributed by atoms with van der Waals surface area (Å²) in [4.78, 5) is 15.0. The van der Waals surface area contributed by atoms with Crippen molar-refractivity contribution in [3.05, 3.63) is 131 Å². The molecule has 0 bridgehead atoms. The first-order valence-electron chi connectivity index (χ1n) is 12.0. The molecule has 0 spiro atoms. The Bertz CT molecular complexity index is 1760. The van der Waals surface area contributed by atoms with Gasteiger partial charge < -0.3 is 9.57 Å². The molecule has 0 radical (unpaired) electrons. The van der Waals surface area contributed by atoms with Gasteiger partial charge in [0.1, 0.15) is 12.1 Å². The average Bonchev–Trinajstić information content (AvgIpc) is 3.38. The lowest BCUT2D eigenvalue weighted by molar-refractivity contribution is 0.126. The molecule has 7 rings (SSSR count). The van der Waals surface area contributed by atoms with Gasteiger partial charge in [-0.25, -0.2) is 14.5 Å². The fourth-order valence-electron chi connectivity index (χ4n) is 4.92. The summed E-state index contributed by atoms with van der Waals surface area (Å²) in [7, 11) is 0. The Hall–Kier alpha value is -5.04. The van der Waals surface area contributed by atoms with E-state index in [1.165, 1.54) is 0 Å². The average molecular weight is 484 g/mol. The number of hydrogen-bond donors (Lipinski definition) is 0. The van der Waals surface area contributed by atoms with Crippen LogP contribution < -0.4 is 4.74 Å². The summed E-state index contributed by atoms with van der Waals surface area (Å²) in [6, 6.07) is 32.6. The second-order valence-electron chi connectivity index (χ2n) is 8.82. The highest BCUT2D eigenvalue weighted by molar-refractivity contribution is 5.90. The summed E-state index contributed by atoms with van der Waals surface area (Å²) in [6.45, 7) is 0.135. The zero-order valence-electron chi connectivity index (χ0n) is 19.7. The largest absolute Gasteiger partial charge is 0.438 e. The quantitative estimate of drug-likeness (QED) is 0.218. The van der Waals surface area contributed by atoms with Crippen molar-refractivity contribution in [1.29, 1.82) is 0 Å². The Morgan fingerprint density at radius 2 is 1.65 bits per heavy atom. The lowest BCUT2D eigenvalue weighted by Crippen LogP contribution is -2.15. The molecule has 0 fully saturated rings. The van der Waals surface area contributed by atoms with Crippen LogP contribution in [0.3, 0.4) is 0 Å². The van der Waals surface area contributed by atoms with Crippen LogP contribution in [0.15, 0.2) is 109 Å². The van der Waals surface area contributed by atoms with Gasteiger partial charge in [-0.15, -0.1) is 5.10 Å². The predicted octanol–water partition coefficient (Wildman–Crippen LogP) is 6.11. The smallest absolute Gasteiger partial charge is 0.228 e. The molecule has 0 saturated carbocycles. The monoisotopic (exact) mass is 483 g/mol. The first-order valence-corrected chi connectivity index (χ1v) is 12.0. The van der Waals surface area contributed by atoms with E-state index in [0.29, 0.717) is 17.4 Å². The van der Waals surface area contributed by atoms with Crippen molar-refractivity contribution >= 4 is 22.6 Å². The molecule has 0 saturated heterocycles. The van der Waals surface area contributed by atoms with Crippen LogP contribution in [-0.4, -0.2) is 25.8 Å². The summed E-state index contributed by atoms with van der Waals surface area (Å²) >= 11 is 0. The predicted molar refractivity (Wildman–Crippen MR) is 141 cm³/mol. The van der Waals surface area contributed by atoms with E-state index in [2.05, 4.69) is 69.8 Å². The van der Waals surface area contributed by atoms with Crippen LogP contribution in [0.1, 0.15) is 34.0 Å². The normalized spacial score (nSPS) is 14.4. The van der Waals surface area contributed by atoms with Gasteiger partial charge in [0.05, 0.1) is 11.8 Å². The van der Waals surface area contributed by atoms with E-state index < -0.39 is 0 Å². The lowest BCUT2D eigenvalue weighted by atomic mass is 9.81. The molecule has 4 aromatic carbocycles. The topological polar surface area (TPSA) is 73.9 Å². The molecule has 2 aromatic heterocycles. The van der Waals surface area contributed by atoms with E-state index >= 15 is 0 Å². The maximum absolute atomic E-state index is 6.36. The molecule has 1 aliphatic heterocycles. The molecule has 1 atom stereocenters. The van der Waals surface area contributed by atoms with Gasteiger partial charge in [-0.3, -0.25) is 0 Å². The number of rotatable bonds is 5. The summed E-state index contributed by atoms with van der Waals surface area (Å²) in [5, 5.41) is 11.0. The minimum absolute atomic E-state index is 0.128. The van der Waals surface area contributed by atoms with E-state index in [9.17, 15) is 0 Å². The van der Waals surface area contributed by atoms with E-state index in [4.69, 9.17) is 14.6 Å². The number of aromatic nitrogens is 4. The maximum Gasteiger partial charge on any atom is 0.228 e. The Morgan fingerprint density at radius 1 is 0.865 bits per heavy atom. The van der Waals surface area contributed by atoms with E-state index in [1.54, 1.807) is 17.1 Å². The molecule has 0 N–H and O–H groups in total. The molecule has 3 heterocycles. The van der Waals surface area contributed by atoms with Gasteiger partial charge in [-0.1, -0.05) is 96.2 Å². The number of fused-ring (bicyclic) bond motifs is 6. The molecule has 7 nitrogen and oxygen atoms in total. The molecule has 1 aliphatic rings. The molecular weight excluding hydrogens is 462 g/mol. The Morgan fingerprint density at radius 3 is 2.51 bits per heavy atom. The third-order valence-electron chi connectivity index (χ3n) is 6.55. The molecular formula is C30H21N5O2. The molecule has 37 heavy (non-hydrogen) atoms. The zero-order chi connectivity index (χ0) is 24.6. The number of hydrogen-bond acceptors (Lipinski definition) is 6. The van der Waals surface area contributed by atoms with Gasteiger partial charge in [-0.2, -0.15) is 0 Å². The van der Waals surface area contributed by atoms with E-state index in [-0.39, 0.29) is 12.5 Å². The fraction of sp³-hybridized carbons (Fsp3) is 0.0667. The van der Waals surface area contributed by atoms with Crippen LogP contribution in [-0.2, 0) is 11.4 Å². The van der Waals surface area contributed by atoms with Crippen LogP contribution in [0.4, 0.5) is 0 Å². The Balaban J connectivity index is 1.33. The van der Waals surface area contributed by atoms with Gasteiger partial charge in [0.25, 0.3) is 0 Å². The Kier molecular flexibility index (Phi) is 5.10. The molecule has 0 amide bonds. The Labute approximate surface area is 212 Å². The van der Waals surface area contributed by atoms with Gasteiger partial charge in [0, 0.05) is 11.5 Å². The van der Waals surface area contributed by atoms with Gasteiger partial charge in [0.2, 0.25) is 5.88 Å². The molecule has 178 valence electrons. The third kappa shape index (κ3) is 3.77. The first-order chi connectivity index (χ1) is 18.3. The second kappa shape index (κ2) is 8.87. The summed E-state index contributed by atoms with van der Waals surface area (Å²) < 4.78 is 8.04. The summed E-state index contributed by atoms with van der Waals surface area (Å²) in [5.74, 6) is 1.72. The molecule has 6 aromatic rings. The number of benzene rings is 4. The van der Waals surface area contributed by atoms with Crippen molar-refractivity contribution < 1.29 is 9.57 Å². The van der Waals surface area contributed by atoms with Gasteiger partial charge >= 0.3 is 0 Å². The standard InChI is InChI=1S/C30H21N5O2/c1-3-9-20(10-4-1)17-32-36-18-25-33-29-28-26(22-12-5-2-6-13-22)27-23-14-8-7-11-21(23)15-16-24(27)37-30(28)31-19-35(29)34-25/h1-17,19,26H,18H2/b32-17-/t26-/m1/s1. The van der Waals surface area contributed by atoms with Gasteiger partial charge in [0.15, 0.2) is 18.1 Å². The first kappa shape index (κ1) is 21.3. The minimum Gasteiger partial charge on any atom is -0.438 e. The second-order valence-corrected chi connectivity index (χ2v) is 8.82. The van der Waals surface area contributed by atoms with Crippen molar-refractivity contribution in [2.24, 2.45) is 5.16 Å². The maximum atomic E-state index is 6.36. The fourth-order valence-corrected chi connectivity index (χ4v) is 4.92. The van der Waals surface area contributed by atoms with Crippen molar-refractivity contribution in [2.75, 3.05) is 0 Å². The number of ether oxygens (including phenoxy) is 1. The van der Waals surface area contributed by atoms with Crippen LogP contribution >= 0.6 is 0 Å². The molecule has 7 heteroatoms. The van der Waals surface area contributed by atoms with Crippen molar-refractivity contribution in [1.82, 2.24) is 19.6 Å². The highest BCUT2D eigenvalue weighted by Crippen LogP contribution is 2.50. The van der Waals surface area contributed by atoms with Crippen molar-refractivity contribution in [3.63, 3.8) is 0 Å². The van der Waals surface area contributed by atoms with Crippen LogP contribution in [0, 0.1) is 0 Å². The number of nitrogens with zero attached hydrogens (tertiary/aromatic N) is 5. The molecule has 0 unspecified atom stereocenters. The minimum atomic E-state index is -0.128. The van der Waals surface area contributed by atoms with Crippen LogP contribution in [0.2, 0.25) is 0 Å². The third-order valence-corrected chi connectivity index (χ3v) is 6.55. The van der Waals surface area contributed by atoms with Crippen molar-refractivity contribution in [3.8, 4) is 11.6 Å². The van der Waals surface area contributed by atoms with Crippen LogP contribution in [0.25, 0.3) is 16.4 Å². The summed E-state index contributed by atoms with van der Waals surface area (Å²) in [5.41, 5.74) is 4.75. The van der Waals surface area contributed by atoms with E-state index in [1.807, 2.05) is 42.5 Å². The SMILES string of the molecule is C(=N/OCc1nc2c3c(ncn2n1)Oc1ccc2ccccc2c1[C@H]3c1ccccc1)/c1ccccc1. The highest BCUT2D eigenvalue weighted by Gasteiger charge is 2.34. The zero-order valence-corrected chi connectivity index (χ0v) is 19.7. The molecule has 0 aliphatic carbocycles. The van der Waals surface area contributed by atoms with Gasteiger partial charge in [-0.05, 0) is 28.0 Å². The van der Waals surface area contributed by atoms with Crippen molar-refractivity contribution in [2.45, 2.75) is 12.5 Å². The highest BCUT2D eigenvalue weighted by atomic mass is 16.6. The number of oxime groups is 1. The summed E-state index contributed by atoms with van der Waals surface area (Å²) in [6.07, 6.45) is 3.30.